The van der Waals surface area contributed by atoms with Crippen molar-refractivity contribution in [2.24, 2.45) is 0 Å². The van der Waals surface area contributed by atoms with Crippen LogP contribution in [0.4, 0.5) is 10.7 Å². The standard InChI is InChI=1S/C25H25ClN2O6S2/c1-23(2,3)34-22(29)25(15-24(25,4)17-8-6-5-7-9-17)27(36(32)33)21-13-12-20(35-21)16-10-11-18(26)19(14-16)28(30)31/h5-14H,15H2,1-4H3,(H,32,33). The predicted octanol–water partition coefficient (Wildman–Crippen LogP) is 6.36. The van der Waals surface area contributed by atoms with E-state index in [1.807, 2.05) is 37.3 Å². The van der Waals surface area contributed by atoms with E-state index < -0.39 is 38.7 Å². The molecule has 1 aromatic heterocycles. The monoisotopic (exact) mass is 548 g/mol. The Balaban J connectivity index is 1.82. The van der Waals surface area contributed by atoms with E-state index in [0.717, 1.165) is 16.9 Å². The molecular weight excluding hydrogens is 524 g/mol. The van der Waals surface area contributed by atoms with Gasteiger partial charge in [-0.2, -0.15) is 0 Å². The summed E-state index contributed by atoms with van der Waals surface area (Å²) < 4.78 is 30.3. The minimum Gasteiger partial charge on any atom is -0.458 e. The zero-order chi connectivity index (χ0) is 26.5. The topological polar surface area (TPSA) is 110 Å². The van der Waals surface area contributed by atoms with Gasteiger partial charge in [-0.15, -0.1) is 11.3 Å². The lowest BCUT2D eigenvalue weighted by Gasteiger charge is -2.33. The van der Waals surface area contributed by atoms with Crippen molar-refractivity contribution < 1.29 is 23.2 Å². The molecular formula is C25H25ClN2O6S2. The summed E-state index contributed by atoms with van der Waals surface area (Å²) in [7, 11) is 0. The first-order valence-electron chi connectivity index (χ1n) is 11.0. The van der Waals surface area contributed by atoms with Crippen LogP contribution >= 0.6 is 22.9 Å². The molecule has 0 amide bonds. The molecule has 4 rings (SSSR count). The first kappa shape index (κ1) is 26.3. The Hall–Kier alpha value is -2.79. The summed E-state index contributed by atoms with van der Waals surface area (Å²) in [6.07, 6.45) is 0.269. The predicted molar refractivity (Wildman–Crippen MR) is 142 cm³/mol. The van der Waals surface area contributed by atoms with Gasteiger partial charge in [0.2, 0.25) is 0 Å². The van der Waals surface area contributed by atoms with Crippen molar-refractivity contribution in [3.8, 4) is 10.4 Å². The van der Waals surface area contributed by atoms with Crippen LogP contribution in [-0.4, -0.2) is 30.8 Å². The number of benzene rings is 2. The van der Waals surface area contributed by atoms with Crippen molar-refractivity contribution >= 4 is 50.9 Å². The molecule has 3 aromatic rings. The van der Waals surface area contributed by atoms with Crippen molar-refractivity contribution in [2.75, 3.05) is 4.31 Å². The van der Waals surface area contributed by atoms with Crippen LogP contribution in [0.1, 0.15) is 39.7 Å². The highest BCUT2D eigenvalue weighted by Crippen LogP contribution is 2.63. The van der Waals surface area contributed by atoms with Crippen LogP contribution in [0.25, 0.3) is 10.4 Å². The smallest absolute Gasteiger partial charge is 0.334 e. The SMILES string of the molecule is CC(C)(C)OC(=O)C1(N(c2ccc(-c3ccc(Cl)c([N+](=O)[O-])c3)s2)S(=O)O)CC1(C)c1ccccc1. The van der Waals surface area contributed by atoms with Crippen LogP contribution in [0.3, 0.4) is 0 Å². The number of carbonyl (C=O) groups is 1. The second-order valence-corrected chi connectivity index (χ2v) is 12.1. The van der Waals surface area contributed by atoms with Crippen LogP contribution < -0.4 is 4.31 Å². The first-order valence-corrected chi connectivity index (χ1v) is 13.3. The molecule has 1 aliphatic carbocycles. The minimum absolute atomic E-state index is 0.0131. The van der Waals surface area contributed by atoms with Gasteiger partial charge < -0.3 is 4.74 Å². The fraction of sp³-hybridized carbons (Fsp3) is 0.320. The number of hydrogen-bond acceptors (Lipinski definition) is 6. The number of hydrogen-bond donors (Lipinski definition) is 1. The van der Waals surface area contributed by atoms with Crippen LogP contribution in [0.15, 0.2) is 60.7 Å². The fourth-order valence-electron chi connectivity index (χ4n) is 4.45. The first-order chi connectivity index (χ1) is 16.8. The molecule has 8 nitrogen and oxygen atoms in total. The Labute approximate surface area is 220 Å². The molecule has 0 aliphatic heterocycles. The summed E-state index contributed by atoms with van der Waals surface area (Å²) in [5, 5.41) is 11.7. The number of thiophene rings is 1. The summed E-state index contributed by atoms with van der Waals surface area (Å²) >= 11 is 4.52. The van der Waals surface area contributed by atoms with Gasteiger partial charge in [0.15, 0.2) is 5.54 Å². The summed E-state index contributed by atoms with van der Waals surface area (Å²) in [5.41, 5.74) is -1.91. The molecule has 2 aromatic carbocycles. The lowest BCUT2D eigenvalue weighted by molar-refractivity contribution is -0.384. The van der Waals surface area contributed by atoms with Gasteiger partial charge in [0.25, 0.3) is 17.0 Å². The van der Waals surface area contributed by atoms with Crippen LogP contribution in [-0.2, 0) is 26.2 Å². The lowest BCUT2D eigenvalue weighted by atomic mass is 9.92. The quantitative estimate of drug-likeness (QED) is 0.159. The summed E-state index contributed by atoms with van der Waals surface area (Å²) in [4.78, 5) is 25.1. The Morgan fingerprint density at radius 3 is 2.44 bits per heavy atom. The Kier molecular flexibility index (Phi) is 6.76. The maximum atomic E-state index is 13.7. The lowest BCUT2D eigenvalue weighted by Crippen LogP contribution is -2.51. The van der Waals surface area contributed by atoms with Crippen molar-refractivity contribution in [1.82, 2.24) is 0 Å². The molecule has 11 heteroatoms. The second-order valence-electron chi connectivity index (χ2n) is 9.82. The van der Waals surface area contributed by atoms with Crippen molar-refractivity contribution in [2.45, 2.75) is 50.7 Å². The van der Waals surface area contributed by atoms with Gasteiger partial charge in [0.1, 0.15) is 15.6 Å². The number of nitro benzene ring substituents is 1. The zero-order valence-electron chi connectivity index (χ0n) is 20.1. The third-order valence-corrected chi connectivity index (χ3v) is 8.64. The third-order valence-electron chi connectivity index (χ3n) is 6.27. The van der Waals surface area contributed by atoms with Gasteiger partial charge in [-0.05, 0) is 56.5 Å². The molecule has 190 valence electrons. The van der Waals surface area contributed by atoms with Gasteiger partial charge in [-0.1, -0.05) is 54.9 Å². The third kappa shape index (κ3) is 4.54. The van der Waals surface area contributed by atoms with Crippen molar-refractivity contribution in [3.63, 3.8) is 0 Å². The number of halogens is 1. The number of esters is 1. The maximum absolute atomic E-state index is 13.7. The largest absolute Gasteiger partial charge is 0.458 e. The van der Waals surface area contributed by atoms with Gasteiger partial charge in [-0.3, -0.25) is 14.7 Å². The number of carbonyl (C=O) groups excluding carboxylic acids is 1. The Morgan fingerprint density at radius 1 is 1.19 bits per heavy atom. The number of ether oxygens (including phenoxy) is 1. The summed E-state index contributed by atoms with van der Waals surface area (Å²) in [5.74, 6) is -0.596. The van der Waals surface area contributed by atoms with E-state index in [0.29, 0.717) is 15.4 Å². The molecule has 1 aliphatic rings. The average Bonchev–Trinajstić information content (AvgIpc) is 3.17. The molecule has 0 radical (unpaired) electrons. The highest BCUT2D eigenvalue weighted by molar-refractivity contribution is 7.81. The molecule has 0 saturated heterocycles. The van der Waals surface area contributed by atoms with Crippen LogP contribution in [0.2, 0.25) is 5.02 Å². The molecule has 1 saturated carbocycles. The number of anilines is 1. The molecule has 1 N–H and O–H groups in total. The minimum atomic E-state index is -2.58. The molecule has 3 atom stereocenters. The Morgan fingerprint density at radius 2 is 1.86 bits per heavy atom. The molecule has 1 fully saturated rings. The van der Waals surface area contributed by atoms with E-state index in [-0.39, 0.29) is 17.1 Å². The number of nitrogens with zero attached hydrogens (tertiary/aromatic N) is 2. The molecule has 1 heterocycles. The van der Waals surface area contributed by atoms with Crippen molar-refractivity contribution in [1.29, 1.82) is 0 Å². The maximum Gasteiger partial charge on any atom is 0.334 e. The van der Waals surface area contributed by atoms with Crippen LogP contribution in [0, 0.1) is 10.1 Å². The van der Waals surface area contributed by atoms with E-state index in [4.69, 9.17) is 16.3 Å². The molecule has 0 bridgehead atoms. The van der Waals surface area contributed by atoms with E-state index in [2.05, 4.69) is 0 Å². The normalized spacial score (nSPS) is 22.1. The van der Waals surface area contributed by atoms with E-state index in [9.17, 15) is 23.7 Å². The summed E-state index contributed by atoms with van der Waals surface area (Å²) in [6.45, 7) is 7.12. The average molecular weight is 549 g/mol. The van der Waals surface area contributed by atoms with Gasteiger partial charge in [-0.25, -0.2) is 13.3 Å². The van der Waals surface area contributed by atoms with Gasteiger partial charge >= 0.3 is 5.97 Å². The summed E-state index contributed by atoms with van der Waals surface area (Å²) in [6, 6.07) is 17.1. The van der Waals surface area contributed by atoms with Gasteiger partial charge in [0, 0.05) is 16.4 Å². The number of nitro groups is 1. The van der Waals surface area contributed by atoms with E-state index >= 15 is 0 Å². The fourth-order valence-corrected chi connectivity index (χ4v) is 6.74. The van der Waals surface area contributed by atoms with E-state index in [1.165, 1.54) is 16.4 Å². The van der Waals surface area contributed by atoms with Gasteiger partial charge in [0.05, 0.1) is 4.92 Å². The zero-order valence-corrected chi connectivity index (χ0v) is 22.4. The second kappa shape index (κ2) is 9.26. The molecule has 36 heavy (non-hydrogen) atoms. The molecule has 3 unspecified atom stereocenters. The van der Waals surface area contributed by atoms with Crippen LogP contribution in [0.5, 0.6) is 0 Å². The Bertz CT molecular complexity index is 1360. The molecule has 0 spiro atoms. The highest BCUT2D eigenvalue weighted by Gasteiger charge is 2.76. The van der Waals surface area contributed by atoms with Crippen molar-refractivity contribution in [3.05, 3.63) is 81.4 Å². The van der Waals surface area contributed by atoms with E-state index in [1.54, 1.807) is 39.0 Å². The number of rotatable bonds is 7. The highest BCUT2D eigenvalue weighted by atomic mass is 35.5.